The second kappa shape index (κ2) is 8.23. The molecule has 0 aromatic heterocycles. The van der Waals surface area contributed by atoms with E-state index in [1.807, 2.05) is 0 Å². The summed E-state index contributed by atoms with van der Waals surface area (Å²) in [4.78, 5) is 2.61. The molecule has 1 aliphatic heterocycles. The van der Waals surface area contributed by atoms with E-state index in [4.69, 9.17) is 4.74 Å². The number of nitrogens with zero attached hydrogens (tertiary/aromatic N) is 1. The smallest absolute Gasteiger partial charge is 0.0600 e. The summed E-state index contributed by atoms with van der Waals surface area (Å²) >= 11 is 0. The van der Waals surface area contributed by atoms with Gasteiger partial charge in [0.05, 0.1) is 12.2 Å². The summed E-state index contributed by atoms with van der Waals surface area (Å²) in [6.45, 7) is 16.3. The van der Waals surface area contributed by atoms with Gasteiger partial charge in [-0.2, -0.15) is 0 Å². The van der Waals surface area contributed by atoms with Gasteiger partial charge in [-0.15, -0.1) is 0 Å². The first kappa shape index (κ1) is 16.9. The maximum Gasteiger partial charge on any atom is 0.0600 e. The van der Waals surface area contributed by atoms with Gasteiger partial charge in [0.1, 0.15) is 0 Å². The fourth-order valence-corrected chi connectivity index (χ4v) is 2.59. The maximum atomic E-state index is 5.86. The van der Waals surface area contributed by atoms with E-state index in [1.54, 1.807) is 0 Å². The Morgan fingerprint density at radius 2 is 2.00 bits per heavy atom. The molecule has 0 saturated carbocycles. The van der Waals surface area contributed by atoms with Crippen molar-refractivity contribution in [2.24, 2.45) is 5.92 Å². The molecule has 0 amide bonds. The summed E-state index contributed by atoms with van der Waals surface area (Å²) in [6.07, 6.45) is 4.06. The molecule has 1 aliphatic rings. The third-order valence-corrected chi connectivity index (χ3v) is 3.60. The third-order valence-electron chi connectivity index (χ3n) is 3.60. The van der Waals surface area contributed by atoms with Gasteiger partial charge in [0.2, 0.25) is 0 Å². The summed E-state index contributed by atoms with van der Waals surface area (Å²) in [5.41, 5.74) is -0.0127. The zero-order valence-corrected chi connectivity index (χ0v) is 13.7. The molecule has 1 saturated heterocycles. The predicted molar refractivity (Wildman–Crippen MR) is 82.6 cm³/mol. The minimum Gasteiger partial charge on any atom is -0.375 e. The SMILES string of the molecule is CC(C)CNCC1CCCCN1CCOC(C)(C)C. The summed E-state index contributed by atoms with van der Waals surface area (Å²) in [5.74, 6) is 0.737. The zero-order valence-electron chi connectivity index (χ0n) is 13.7. The van der Waals surface area contributed by atoms with Gasteiger partial charge in [-0.1, -0.05) is 20.3 Å². The second-order valence-electron chi connectivity index (χ2n) is 7.20. The highest BCUT2D eigenvalue weighted by Gasteiger charge is 2.22. The van der Waals surface area contributed by atoms with Crippen LogP contribution >= 0.6 is 0 Å². The van der Waals surface area contributed by atoms with E-state index in [0.29, 0.717) is 6.04 Å². The van der Waals surface area contributed by atoms with Crippen molar-refractivity contribution in [1.82, 2.24) is 10.2 Å². The average Bonchev–Trinajstić information content (AvgIpc) is 2.29. The first-order chi connectivity index (χ1) is 8.88. The number of likely N-dealkylation sites (tertiary alicyclic amines) is 1. The van der Waals surface area contributed by atoms with Crippen molar-refractivity contribution >= 4 is 0 Å². The molecule has 1 atom stereocenters. The van der Waals surface area contributed by atoms with Crippen molar-refractivity contribution in [2.75, 3.05) is 32.8 Å². The van der Waals surface area contributed by atoms with E-state index in [-0.39, 0.29) is 5.60 Å². The average molecular weight is 270 g/mol. The second-order valence-corrected chi connectivity index (χ2v) is 7.20. The lowest BCUT2D eigenvalue weighted by Crippen LogP contribution is -2.47. The molecular formula is C16H34N2O. The van der Waals surface area contributed by atoms with Crippen molar-refractivity contribution in [3.8, 4) is 0 Å². The number of hydrogen-bond acceptors (Lipinski definition) is 3. The van der Waals surface area contributed by atoms with Gasteiger partial charge in [-0.3, -0.25) is 4.90 Å². The summed E-state index contributed by atoms with van der Waals surface area (Å²) < 4.78 is 5.86. The highest BCUT2D eigenvalue weighted by atomic mass is 16.5. The summed E-state index contributed by atoms with van der Waals surface area (Å²) in [7, 11) is 0. The topological polar surface area (TPSA) is 24.5 Å². The Bertz CT molecular complexity index is 235. The van der Waals surface area contributed by atoms with Crippen LogP contribution in [-0.2, 0) is 4.74 Å². The molecule has 0 aliphatic carbocycles. The highest BCUT2D eigenvalue weighted by Crippen LogP contribution is 2.17. The van der Waals surface area contributed by atoms with Gasteiger partial charge in [0, 0.05) is 19.1 Å². The lowest BCUT2D eigenvalue weighted by molar-refractivity contribution is -0.0209. The van der Waals surface area contributed by atoms with Crippen LogP contribution in [0.15, 0.2) is 0 Å². The minimum atomic E-state index is -0.0127. The van der Waals surface area contributed by atoms with Crippen LogP contribution in [0.3, 0.4) is 0 Å². The molecular weight excluding hydrogens is 236 g/mol. The van der Waals surface area contributed by atoms with Gasteiger partial charge < -0.3 is 10.1 Å². The molecule has 0 spiro atoms. The lowest BCUT2D eigenvalue weighted by Gasteiger charge is -2.36. The number of rotatable bonds is 7. The number of nitrogens with one attached hydrogen (secondary N) is 1. The molecule has 0 radical (unpaired) electrons. The van der Waals surface area contributed by atoms with Crippen LogP contribution in [0.25, 0.3) is 0 Å². The lowest BCUT2D eigenvalue weighted by atomic mass is 10.0. The first-order valence-corrected chi connectivity index (χ1v) is 7.97. The van der Waals surface area contributed by atoms with Gasteiger partial charge in [-0.05, 0) is 52.6 Å². The molecule has 1 N–H and O–H groups in total. The van der Waals surface area contributed by atoms with Crippen molar-refractivity contribution < 1.29 is 4.74 Å². The Hall–Kier alpha value is -0.120. The molecule has 1 heterocycles. The van der Waals surface area contributed by atoms with Gasteiger partial charge >= 0.3 is 0 Å². The van der Waals surface area contributed by atoms with Gasteiger partial charge in [0.25, 0.3) is 0 Å². The molecule has 3 nitrogen and oxygen atoms in total. The Kier molecular flexibility index (Phi) is 7.33. The molecule has 19 heavy (non-hydrogen) atoms. The minimum absolute atomic E-state index is 0.0127. The molecule has 1 unspecified atom stereocenters. The van der Waals surface area contributed by atoms with Crippen molar-refractivity contribution in [3.05, 3.63) is 0 Å². The Labute approximate surface area is 120 Å². The van der Waals surface area contributed by atoms with E-state index < -0.39 is 0 Å². The fourth-order valence-electron chi connectivity index (χ4n) is 2.59. The first-order valence-electron chi connectivity index (χ1n) is 7.97. The Balaban J connectivity index is 2.27. The quantitative estimate of drug-likeness (QED) is 0.770. The molecule has 0 bridgehead atoms. The molecule has 0 aromatic carbocycles. The summed E-state index contributed by atoms with van der Waals surface area (Å²) in [6, 6.07) is 0.705. The Morgan fingerprint density at radius 1 is 1.26 bits per heavy atom. The van der Waals surface area contributed by atoms with Crippen molar-refractivity contribution in [1.29, 1.82) is 0 Å². The third kappa shape index (κ3) is 7.91. The molecule has 0 aromatic rings. The molecule has 1 rings (SSSR count). The van der Waals surface area contributed by atoms with Crippen molar-refractivity contribution in [3.63, 3.8) is 0 Å². The number of piperidine rings is 1. The standard InChI is InChI=1S/C16H34N2O/c1-14(2)12-17-13-15-8-6-7-9-18(15)10-11-19-16(3,4)5/h14-15,17H,6-13H2,1-5H3. The molecule has 114 valence electrons. The van der Waals surface area contributed by atoms with Crippen LogP contribution in [0.1, 0.15) is 53.9 Å². The van der Waals surface area contributed by atoms with Crippen LogP contribution in [0.4, 0.5) is 0 Å². The normalized spacial score (nSPS) is 22.1. The van der Waals surface area contributed by atoms with E-state index in [9.17, 15) is 0 Å². The van der Waals surface area contributed by atoms with Crippen LogP contribution in [0.2, 0.25) is 0 Å². The molecule has 1 fully saturated rings. The predicted octanol–water partition coefficient (Wildman–Crippen LogP) is 2.90. The zero-order chi connectivity index (χ0) is 14.3. The van der Waals surface area contributed by atoms with Crippen LogP contribution in [0, 0.1) is 5.92 Å². The fraction of sp³-hybridized carbons (Fsp3) is 1.00. The molecule has 3 heteroatoms. The maximum absolute atomic E-state index is 5.86. The van der Waals surface area contributed by atoms with E-state index in [1.165, 1.54) is 25.8 Å². The van der Waals surface area contributed by atoms with Crippen LogP contribution < -0.4 is 5.32 Å². The monoisotopic (exact) mass is 270 g/mol. The van der Waals surface area contributed by atoms with Gasteiger partial charge in [0.15, 0.2) is 0 Å². The van der Waals surface area contributed by atoms with E-state index in [2.05, 4.69) is 44.8 Å². The van der Waals surface area contributed by atoms with E-state index in [0.717, 1.165) is 32.2 Å². The largest absolute Gasteiger partial charge is 0.375 e. The van der Waals surface area contributed by atoms with E-state index >= 15 is 0 Å². The number of ether oxygens (including phenoxy) is 1. The van der Waals surface area contributed by atoms with Crippen molar-refractivity contribution in [2.45, 2.75) is 65.5 Å². The van der Waals surface area contributed by atoms with Crippen LogP contribution in [-0.4, -0.2) is 49.3 Å². The summed E-state index contributed by atoms with van der Waals surface area (Å²) in [5, 5.41) is 3.61. The van der Waals surface area contributed by atoms with Gasteiger partial charge in [-0.25, -0.2) is 0 Å². The Morgan fingerprint density at radius 3 is 2.63 bits per heavy atom. The highest BCUT2D eigenvalue weighted by molar-refractivity contribution is 4.79. The number of hydrogen-bond donors (Lipinski definition) is 1. The van der Waals surface area contributed by atoms with Crippen LogP contribution in [0.5, 0.6) is 0 Å².